The van der Waals surface area contributed by atoms with Crippen LogP contribution in [-0.2, 0) is 0 Å². The zero-order valence-corrected chi connectivity index (χ0v) is 13.4. The van der Waals surface area contributed by atoms with Gasteiger partial charge in [-0.05, 0) is 36.4 Å². The van der Waals surface area contributed by atoms with E-state index in [4.69, 9.17) is 0 Å². The molecule has 124 valence electrons. The fourth-order valence-corrected chi connectivity index (χ4v) is 3.20. The van der Waals surface area contributed by atoms with E-state index in [1.54, 1.807) is 22.7 Å². The van der Waals surface area contributed by atoms with Gasteiger partial charge in [-0.15, -0.1) is 16.4 Å². The van der Waals surface area contributed by atoms with Gasteiger partial charge in [0.15, 0.2) is 0 Å². The summed E-state index contributed by atoms with van der Waals surface area (Å²) in [6.07, 6.45) is 0. The van der Waals surface area contributed by atoms with Crippen molar-refractivity contribution in [3.05, 3.63) is 71.1 Å². The number of thiazole rings is 1. The van der Waals surface area contributed by atoms with E-state index in [2.05, 4.69) is 15.4 Å². The van der Waals surface area contributed by atoms with Gasteiger partial charge in [0, 0.05) is 10.9 Å². The summed E-state index contributed by atoms with van der Waals surface area (Å²) in [6, 6.07) is 11.7. The van der Waals surface area contributed by atoms with E-state index in [1.165, 1.54) is 41.7 Å². The Morgan fingerprint density at radius 2 is 1.84 bits per heavy atom. The monoisotopic (exact) mass is 356 g/mol. The van der Waals surface area contributed by atoms with Gasteiger partial charge < -0.3 is 0 Å². The Labute approximate surface area is 144 Å². The molecule has 4 rings (SSSR count). The number of nitrogens with zero attached hydrogens (tertiary/aromatic N) is 3. The summed E-state index contributed by atoms with van der Waals surface area (Å²) in [7, 11) is 0. The minimum atomic E-state index is -0.625. The van der Waals surface area contributed by atoms with Crippen molar-refractivity contribution in [2.24, 2.45) is 0 Å². The first-order valence-electron chi connectivity index (χ1n) is 7.28. The van der Waals surface area contributed by atoms with Gasteiger partial charge >= 0.3 is 0 Å². The second-order valence-corrected chi connectivity index (χ2v) is 6.03. The van der Waals surface area contributed by atoms with E-state index in [0.717, 1.165) is 11.3 Å². The maximum Gasteiger partial charge on any atom is 0.261 e. The minimum absolute atomic E-state index is 0.0727. The van der Waals surface area contributed by atoms with Crippen molar-refractivity contribution in [1.82, 2.24) is 14.6 Å². The quantitative estimate of drug-likeness (QED) is 0.604. The molecule has 0 bridgehead atoms. The average Bonchev–Trinajstić information content (AvgIpc) is 3.16. The lowest BCUT2D eigenvalue weighted by molar-refractivity contribution is 0.102. The van der Waals surface area contributed by atoms with Gasteiger partial charge in [-0.1, -0.05) is 12.1 Å². The number of hydrogen-bond acceptors (Lipinski definition) is 4. The van der Waals surface area contributed by atoms with Gasteiger partial charge in [-0.2, -0.15) is 4.98 Å². The van der Waals surface area contributed by atoms with Crippen LogP contribution in [0.15, 0.2) is 53.9 Å². The molecular weight excluding hydrogens is 346 g/mol. The molecule has 25 heavy (non-hydrogen) atoms. The molecule has 0 unspecified atom stereocenters. The molecule has 0 saturated carbocycles. The number of halogens is 2. The number of nitrogens with one attached hydrogen (secondary N) is 1. The second-order valence-electron chi connectivity index (χ2n) is 5.19. The Morgan fingerprint density at radius 3 is 2.60 bits per heavy atom. The van der Waals surface area contributed by atoms with E-state index in [1.807, 2.05) is 5.38 Å². The van der Waals surface area contributed by atoms with E-state index >= 15 is 0 Å². The number of benzene rings is 2. The van der Waals surface area contributed by atoms with Crippen molar-refractivity contribution in [3.63, 3.8) is 0 Å². The molecule has 0 saturated heterocycles. The van der Waals surface area contributed by atoms with Crippen molar-refractivity contribution >= 4 is 28.2 Å². The molecule has 5 nitrogen and oxygen atoms in total. The Hall–Kier alpha value is -3.13. The maximum absolute atomic E-state index is 13.7. The third-order valence-electron chi connectivity index (χ3n) is 3.57. The van der Waals surface area contributed by atoms with Crippen LogP contribution in [-0.4, -0.2) is 20.5 Å². The number of anilines is 1. The van der Waals surface area contributed by atoms with Crippen LogP contribution in [0.5, 0.6) is 0 Å². The van der Waals surface area contributed by atoms with Gasteiger partial charge in [-0.25, -0.2) is 13.3 Å². The molecule has 0 spiro atoms. The lowest BCUT2D eigenvalue weighted by Gasteiger charge is -2.02. The lowest BCUT2D eigenvalue weighted by Crippen LogP contribution is -2.14. The van der Waals surface area contributed by atoms with Crippen molar-refractivity contribution in [1.29, 1.82) is 0 Å². The largest absolute Gasteiger partial charge is 0.289 e. The number of amides is 1. The van der Waals surface area contributed by atoms with Crippen LogP contribution in [0.2, 0.25) is 0 Å². The maximum atomic E-state index is 13.7. The molecule has 1 N–H and O–H groups in total. The normalized spacial score (nSPS) is 11.0. The van der Waals surface area contributed by atoms with E-state index < -0.39 is 11.7 Å². The highest BCUT2D eigenvalue weighted by Crippen LogP contribution is 2.26. The smallest absolute Gasteiger partial charge is 0.261 e. The van der Waals surface area contributed by atoms with Crippen LogP contribution in [0.25, 0.3) is 16.2 Å². The van der Waals surface area contributed by atoms with Gasteiger partial charge in [0.1, 0.15) is 11.6 Å². The molecule has 0 atom stereocenters. The predicted octanol–water partition coefficient (Wildman–Crippen LogP) is 3.99. The molecule has 0 radical (unpaired) electrons. The molecule has 2 aromatic heterocycles. The first-order chi connectivity index (χ1) is 12.1. The summed E-state index contributed by atoms with van der Waals surface area (Å²) in [5, 5.41) is 8.56. The zero-order valence-electron chi connectivity index (χ0n) is 12.6. The molecule has 8 heteroatoms. The van der Waals surface area contributed by atoms with Crippen molar-refractivity contribution in [2.75, 3.05) is 5.32 Å². The van der Waals surface area contributed by atoms with Gasteiger partial charge in [0.05, 0.1) is 11.3 Å². The number of fused-ring (bicyclic) bond motifs is 1. The summed E-state index contributed by atoms with van der Waals surface area (Å²) in [6.45, 7) is 0. The summed E-state index contributed by atoms with van der Waals surface area (Å²) in [5.74, 6) is -1.50. The standard InChI is InChI=1S/C17H10F2N4OS/c18-11-7-5-10(6-8-11)14-9-25-17-21-16(22-23(14)17)20-15(24)12-3-1-2-4-13(12)19/h1-9H,(H,20,22,24). The highest BCUT2D eigenvalue weighted by atomic mass is 32.1. The van der Waals surface area contributed by atoms with Crippen LogP contribution in [0.1, 0.15) is 10.4 Å². The number of rotatable bonds is 3. The highest BCUT2D eigenvalue weighted by molar-refractivity contribution is 7.15. The SMILES string of the molecule is O=C(Nc1nc2scc(-c3ccc(F)cc3)n2n1)c1ccccc1F. The molecule has 2 aromatic carbocycles. The second kappa shape index (κ2) is 6.06. The van der Waals surface area contributed by atoms with Crippen LogP contribution < -0.4 is 5.32 Å². The van der Waals surface area contributed by atoms with Gasteiger partial charge in [0.25, 0.3) is 11.9 Å². The lowest BCUT2D eigenvalue weighted by atomic mass is 10.2. The average molecular weight is 356 g/mol. The molecular formula is C17H10F2N4OS. The Morgan fingerprint density at radius 1 is 1.08 bits per heavy atom. The summed E-state index contributed by atoms with van der Waals surface area (Å²) in [4.78, 5) is 16.9. The summed E-state index contributed by atoms with van der Waals surface area (Å²) >= 11 is 1.33. The number of aromatic nitrogens is 3. The van der Waals surface area contributed by atoms with E-state index in [9.17, 15) is 13.6 Å². The third kappa shape index (κ3) is 2.87. The predicted molar refractivity (Wildman–Crippen MR) is 90.6 cm³/mol. The van der Waals surface area contributed by atoms with Crippen LogP contribution in [0, 0.1) is 11.6 Å². The van der Waals surface area contributed by atoms with Gasteiger partial charge in [-0.3, -0.25) is 10.1 Å². The van der Waals surface area contributed by atoms with Crippen molar-refractivity contribution in [2.45, 2.75) is 0 Å². The van der Waals surface area contributed by atoms with Crippen molar-refractivity contribution < 1.29 is 13.6 Å². The third-order valence-corrected chi connectivity index (χ3v) is 4.38. The minimum Gasteiger partial charge on any atom is -0.289 e. The van der Waals surface area contributed by atoms with Gasteiger partial charge in [0.2, 0.25) is 4.96 Å². The Balaban J connectivity index is 1.65. The number of hydrogen-bond donors (Lipinski definition) is 1. The Kier molecular flexibility index (Phi) is 3.73. The first kappa shape index (κ1) is 15.4. The highest BCUT2D eigenvalue weighted by Gasteiger charge is 2.16. The molecule has 0 aliphatic carbocycles. The molecule has 2 heterocycles. The summed E-state index contributed by atoms with van der Waals surface area (Å²) in [5.41, 5.74) is 1.41. The molecule has 0 fully saturated rings. The van der Waals surface area contributed by atoms with Crippen LogP contribution in [0.4, 0.5) is 14.7 Å². The van der Waals surface area contributed by atoms with E-state index in [-0.39, 0.29) is 17.3 Å². The van der Waals surface area contributed by atoms with Crippen molar-refractivity contribution in [3.8, 4) is 11.3 Å². The molecule has 0 aliphatic rings. The number of carbonyl (C=O) groups excluding carboxylic acids is 1. The fraction of sp³-hybridized carbons (Fsp3) is 0. The topological polar surface area (TPSA) is 59.3 Å². The van der Waals surface area contributed by atoms with E-state index in [0.29, 0.717) is 4.96 Å². The zero-order chi connectivity index (χ0) is 17.4. The Bertz CT molecular complexity index is 1070. The fourth-order valence-electron chi connectivity index (χ4n) is 2.37. The molecule has 4 aromatic rings. The molecule has 1 amide bonds. The summed E-state index contributed by atoms with van der Waals surface area (Å²) < 4.78 is 28.3. The first-order valence-corrected chi connectivity index (χ1v) is 8.16. The van der Waals surface area contributed by atoms with Crippen LogP contribution >= 0.6 is 11.3 Å². The van der Waals surface area contributed by atoms with Crippen LogP contribution in [0.3, 0.4) is 0 Å². The number of carbonyl (C=O) groups is 1. The molecule has 0 aliphatic heterocycles.